The standard InChI is InChI=1S/C11H18N2O/c1-9-5-4-6-11(12-9)8-13(3)7-10(2)14/h4-6,10,14H,7-8H2,1-3H3/t10-/m0/s1. The van der Waals surface area contributed by atoms with E-state index in [9.17, 15) is 5.11 Å². The third-order valence-corrected chi connectivity index (χ3v) is 1.95. The number of pyridine rings is 1. The first-order chi connectivity index (χ1) is 6.58. The molecule has 3 heteroatoms. The number of aryl methyl sites for hydroxylation is 1. The van der Waals surface area contributed by atoms with E-state index in [0.29, 0.717) is 6.54 Å². The van der Waals surface area contributed by atoms with Crippen LogP contribution >= 0.6 is 0 Å². The first-order valence-corrected chi connectivity index (χ1v) is 4.87. The average Bonchev–Trinajstić information content (AvgIpc) is 2.01. The highest BCUT2D eigenvalue weighted by Crippen LogP contribution is 2.02. The number of likely N-dealkylation sites (N-methyl/N-ethyl adjacent to an activating group) is 1. The molecule has 0 unspecified atom stereocenters. The summed E-state index contributed by atoms with van der Waals surface area (Å²) in [7, 11) is 1.98. The zero-order chi connectivity index (χ0) is 10.6. The second-order valence-electron chi connectivity index (χ2n) is 3.82. The lowest BCUT2D eigenvalue weighted by molar-refractivity contribution is 0.137. The Morgan fingerprint density at radius 3 is 2.79 bits per heavy atom. The summed E-state index contributed by atoms with van der Waals surface area (Å²) in [6.45, 7) is 5.24. The average molecular weight is 194 g/mol. The van der Waals surface area contributed by atoms with Crippen molar-refractivity contribution < 1.29 is 5.11 Å². The van der Waals surface area contributed by atoms with Crippen LogP contribution in [-0.2, 0) is 6.54 Å². The minimum Gasteiger partial charge on any atom is -0.392 e. The lowest BCUT2D eigenvalue weighted by atomic mass is 10.3. The van der Waals surface area contributed by atoms with E-state index in [0.717, 1.165) is 17.9 Å². The maximum Gasteiger partial charge on any atom is 0.0639 e. The molecule has 0 amide bonds. The van der Waals surface area contributed by atoms with Crippen LogP contribution in [0.1, 0.15) is 18.3 Å². The van der Waals surface area contributed by atoms with E-state index in [2.05, 4.69) is 9.88 Å². The van der Waals surface area contributed by atoms with Gasteiger partial charge in [-0.3, -0.25) is 9.88 Å². The van der Waals surface area contributed by atoms with Gasteiger partial charge in [0.25, 0.3) is 0 Å². The second-order valence-corrected chi connectivity index (χ2v) is 3.82. The highest BCUT2D eigenvalue weighted by Gasteiger charge is 2.04. The normalized spacial score (nSPS) is 13.2. The molecule has 0 aliphatic rings. The zero-order valence-corrected chi connectivity index (χ0v) is 9.07. The van der Waals surface area contributed by atoms with Gasteiger partial charge in [-0.2, -0.15) is 0 Å². The van der Waals surface area contributed by atoms with Gasteiger partial charge in [0.2, 0.25) is 0 Å². The molecule has 0 spiro atoms. The predicted molar refractivity (Wildman–Crippen MR) is 57.0 cm³/mol. The molecule has 1 aromatic heterocycles. The Morgan fingerprint density at radius 1 is 1.50 bits per heavy atom. The predicted octanol–water partition coefficient (Wildman–Crippen LogP) is 1.20. The molecule has 0 fully saturated rings. The molecule has 78 valence electrons. The number of aliphatic hydroxyl groups excluding tert-OH is 1. The van der Waals surface area contributed by atoms with Crippen molar-refractivity contribution in [1.29, 1.82) is 0 Å². The van der Waals surface area contributed by atoms with Gasteiger partial charge < -0.3 is 5.11 Å². The molecule has 0 aromatic carbocycles. The summed E-state index contributed by atoms with van der Waals surface area (Å²) in [5.74, 6) is 0. The van der Waals surface area contributed by atoms with Gasteiger partial charge >= 0.3 is 0 Å². The number of aliphatic hydroxyl groups is 1. The highest BCUT2D eigenvalue weighted by molar-refractivity contribution is 5.09. The van der Waals surface area contributed by atoms with Crippen molar-refractivity contribution in [3.05, 3.63) is 29.6 Å². The molecule has 0 saturated carbocycles. The van der Waals surface area contributed by atoms with E-state index in [-0.39, 0.29) is 6.10 Å². The summed E-state index contributed by atoms with van der Waals surface area (Å²) in [4.78, 5) is 6.46. The van der Waals surface area contributed by atoms with Crippen molar-refractivity contribution in [3.63, 3.8) is 0 Å². The summed E-state index contributed by atoms with van der Waals surface area (Å²) < 4.78 is 0. The molecule has 0 aliphatic carbocycles. The van der Waals surface area contributed by atoms with Gasteiger partial charge in [0.1, 0.15) is 0 Å². The number of rotatable bonds is 4. The van der Waals surface area contributed by atoms with Crippen molar-refractivity contribution in [2.75, 3.05) is 13.6 Å². The van der Waals surface area contributed by atoms with Crippen LogP contribution in [0.3, 0.4) is 0 Å². The molecule has 1 aromatic rings. The van der Waals surface area contributed by atoms with Crippen LogP contribution in [0.4, 0.5) is 0 Å². The molecule has 0 bridgehead atoms. The Morgan fingerprint density at radius 2 is 2.21 bits per heavy atom. The number of hydrogen-bond donors (Lipinski definition) is 1. The largest absolute Gasteiger partial charge is 0.392 e. The van der Waals surface area contributed by atoms with Crippen molar-refractivity contribution in [2.45, 2.75) is 26.5 Å². The van der Waals surface area contributed by atoms with E-state index >= 15 is 0 Å². The van der Waals surface area contributed by atoms with Crippen LogP contribution in [0.15, 0.2) is 18.2 Å². The molecule has 0 aliphatic heterocycles. The molecule has 0 saturated heterocycles. The molecular formula is C11H18N2O. The fourth-order valence-corrected chi connectivity index (χ4v) is 1.48. The molecule has 14 heavy (non-hydrogen) atoms. The summed E-state index contributed by atoms with van der Waals surface area (Å²) in [6.07, 6.45) is -0.287. The van der Waals surface area contributed by atoms with Crippen LogP contribution in [-0.4, -0.2) is 34.7 Å². The fourth-order valence-electron chi connectivity index (χ4n) is 1.48. The number of aromatic nitrogens is 1. The van der Waals surface area contributed by atoms with E-state index in [1.165, 1.54) is 0 Å². The van der Waals surface area contributed by atoms with E-state index in [1.54, 1.807) is 6.92 Å². The van der Waals surface area contributed by atoms with Crippen molar-refractivity contribution in [2.24, 2.45) is 0 Å². The minimum atomic E-state index is -0.287. The minimum absolute atomic E-state index is 0.287. The van der Waals surface area contributed by atoms with Crippen molar-refractivity contribution in [3.8, 4) is 0 Å². The topological polar surface area (TPSA) is 36.4 Å². The van der Waals surface area contributed by atoms with Gasteiger partial charge in [-0.25, -0.2) is 0 Å². The lowest BCUT2D eigenvalue weighted by Crippen LogP contribution is -2.27. The molecule has 1 N–H and O–H groups in total. The second kappa shape index (κ2) is 5.08. The molecule has 1 heterocycles. The Balaban J connectivity index is 2.51. The maximum atomic E-state index is 9.19. The van der Waals surface area contributed by atoms with Gasteiger partial charge in [0.15, 0.2) is 0 Å². The van der Waals surface area contributed by atoms with Crippen molar-refractivity contribution in [1.82, 2.24) is 9.88 Å². The fraction of sp³-hybridized carbons (Fsp3) is 0.545. The summed E-state index contributed by atoms with van der Waals surface area (Å²) in [5, 5.41) is 9.19. The first kappa shape index (κ1) is 11.1. The summed E-state index contributed by atoms with van der Waals surface area (Å²) in [5.41, 5.74) is 2.08. The third kappa shape index (κ3) is 3.85. The van der Waals surface area contributed by atoms with Gasteiger partial charge in [0, 0.05) is 18.8 Å². The Bertz CT molecular complexity index is 286. The molecule has 0 radical (unpaired) electrons. The summed E-state index contributed by atoms with van der Waals surface area (Å²) >= 11 is 0. The van der Waals surface area contributed by atoms with Crippen molar-refractivity contribution >= 4 is 0 Å². The molecule has 1 atom stereocenters. The van der Waals surface area contributed by atoms with Gasteiger partial charge in [-0.1, -0.05) is 6.07 Å². The van der Waals surface area contributed by atoms with Crippen LogP contribution < -0.4 is 0 Å². The van der Waals surface area contributed by atoms with E-state index in [4.69, 9.17) is 0 Å². The Labute approximate surface area is 85.4 Å². The number of nitrogens with zero attached hydrogens (tertiary/aromatic N) is 2. The molecular weight excluding hydrogens is 176 g/mol. The smallest absolute Gasteiger partial charge is 0.0639 e. The lowest BCUT2D eigenvalue weighted by Gasteiger charge is -2.17. The van der Waals surface area contributed by atoms with E-state index < -0.39 is 0 Å². The van der Waals surface area contributed by atoms with E-state index in [1.807, 2.05) is 32.2 Å². The third-order valence-electron chi connectivity index (χ3n) is 1.95. The Hall–Kier alpha value is -0.930. The van der Waals surface area contributed by atoms with Crippen LogP contribution in [0, 0.1) is 6.92 Å². The van der Waals surface area contributed by atoms with Crippen LogP contribution in [0.5, 0.6) is 0 Å². The van der Waals surface area contributed by atoms with Gasteiger partial charge in [0.05, 0.1) is 11.8 Å². The summed E-state index contributed by atoms with van der Waals surface area (Å²) in [6, 6.07) is 6.00. The maximum absolute atomic E-state index is 9.19. The highest BCUT2D eigenvalue weighted by atomic mass is 16.3. The number of hydrogen-bond acceptors (Lipinski definition) is 3. The quantitative estimate of drug-likeness (QED) is 0.782. The zero-order valence-electron chi connectivity index (χ0n) is 9.07. The van der Waals surface area contributed by atoms with Crippen LogP contribution in [0.2, 0.25) is 0 Å². The molecule has 1 rings (SSSR count). The molecule has 3 nitrogen and oxygen atoms in total. The van der Waals surface area contributed by atoms with Gasteiger partial charge in [-0.05, 0) is 33.0 Å². The van der Waals surface area contributed by atoms with Gasteiger partial charge in [-0.15, -0.1) is 0 Å². The SMILES string of the molecule is Cc1cccc(CN(C)C[C@H](C)O)n1. The Kier molecular flexibility index (Phi) is 4.04. The monoisotopic (exact) mass is 194 g/mol. The first-order valence-electron chi connectivity index (χ1n) is 4.87. The van der Waals surface area contributed by atoms with Crippen LogP contribution in [0.25, 0.3) is 0 Å².